The van der Waals surface area contributed by atoms with E-state index in [9.17, 15) is 4.79 Å². The lowest BCUT2D eigenvalue weighted by Gasteiger charge is -2.13. The number of fused-ring (bicyclic) bond motifs is 1. The van der Waals surface area contributed by atoms with Crippen LogP contribution >= 0.6 is 11.6 Å². The topological polar surface area (TPSA) is 75.7 Å². The molecule has 2 N–H and O–H groups in total. The highest BCUT2D eigenvalue weighted by Crippen LogP contribution is 2.20. The fourth-order valence-corrected chi connectivity index (χ4v) is 3.26. The van der Waals surface area contributed by atoms with Gasteiger partial charge < -0.3 is 14.7 Å². The van der Waals surface area contributed by atoms with E-state index in [2.05, 4.69) is 15.0 Å². The molecule has 0 unspecified atom stereocenters. The number of pyridine rings is 1. The van der Waals surface area contributed by atoms with Gasteiger partial charge in [0.1, 0.15) is 16.5 Å². The number of H-pyrrole nitrogens is 2. The number of nitrogens with one attached hydrogen (secondary N) is 2. The maximum Gasteiger partial charge on any atom is 0.275 e. The van der Waals surface area contributed by atoms with Gasteiger partial charge in [-0.3, -0.25) is 9.36 Å². The standard InChI is InChI=1S/C17H17ClN4O2/c1-22-16(10-2-4-24-5-3-10)21-14(17(22)23)6-11-8-19-15-13(11)7-12(18)9-20-15/h6-9,21H,2-5H2,1H3,(H,19,20)/b14-6-. The molecule has 0 aliphatic carbocycles. The van der Waals surface area contributed by atoms with Gasteiger partial charge in [0.05, 0.1) is 18.2 Å². The zero-order valence-electron chi connectivity index (χ0n) is 13.2. The Bertz CT molecular complexity index is 1080. The number of hydrogen-bond acceptors (Lipinski definition) is 3. The lowest BCUT2D eigenvalue weighted by atomic mass is 10.1. The predicted molar refractivity (Wildman–Crippen MR) is 93.4 cm³/mol. The summed E-state index contributed by atoms with van der Waals surface area (Å²) in [5, 5.41) is 2.00. The number of ether oxygens (including phenoxy) is 1. The van der Waals surface area contributed by atoms with Crippen molar-refractivity contribution in [1.82, 2.24) is 19.5 Å². The summed E-state index contributed by atoms with van der Waals surface area (Å²) in [7, 11) is 1.79. The van der Waals surface area contributed by atoms with E-state index >= 15 is 0 Å². The smallest absolute Gasteiger partial charge is 0.275 e. The maximum absolute atomic E-state index is 12.6. The second-order valence-electron chi connectivity index (χ2n) is 5.91. The zero-order valence-corrected chi connectivity index (χ0v) is 14.0. The fraction of sp³-hybridized carbons (Fsp3) is 0.294. The second-order valence-corrected chi connectivity index (χ2v) is 6.34. The molecule has 0 atom stereocenters. The van der Waals surface area contributed by atoms with Gasteiger partial charge in [-0.15, -0.1) is 0 Å². The van der Waals surface area contributed by atoms with E-state index < -0.39 is 0 Å². The summed E-state index contributed by atoms with van der Waals surface area (Å²) in [4.78, 5) is 23.2. The Morgan fingerprint density at radius 1 is 1.38 bits per heavy atom. The molecule has 0 bridgehead atoms. The monoisotopic (exact) mass is 344 g/mol. The lowest BCUT2D eigenvalue weighted by Crippen LogP contribution is -2.30. The van der Waals surface area contributed by atoms with Gasteiger partial charge in [0.2, 0.25) is 0 Å². The Morgan fingerprint density at radius 3 is 2.96 bits per heavy atom. The minimum absolute atomic E-state index is 0.0478. The normalized spacial score (nSPS) is 16.2. The first-order chi connectivity index (χ1) is 11.6. The molecule has 1 saturated heterocycles. The SMILES string of the molecule is Cn1c(=C2CCOCC2)[nH]/c(=C\c2c[nH]c3ncc(Cl)cc23)c1=O. The van der Waals surface area contributed by atoms with Gasteiger partial charge in [0.25, 0.3) is 5.56 Å². The van der Waals surface area contributed by atoms with Gasteiger partial charge in [-0.1, -0.05) is 11.6 Å². The molecule has 0 aromatic carbocycles. The third kappa shape index (κ3) is 2.57. The van der Waals surface area contributed by atoms with E-state index in [1.165, 1.54) is 5.57 Å². The van der Waals surface area contributed by atoms with E-state index in [0.717, 1.165) is 34.9 Å². The summed E-state index contributed by atoms with van der Waals surface area (Å²) in [6.45, 7) is 1.41. The van der Waals surface area contributed by atoms with Crippen LogP contribution in [0.25, 0.3) is 22.7 Å². The number of hydrogen-bond donors (Lipinski definition) is 2. The van der Waals surface area contributed by atoms with Crippen LogP contribution < -0.4 is 16.4 Å². The van der Waals surface area contributed by atoms with E-state index in [1.807, 2.05) is 18.3 Å². The van der Waals surface area contributed by atoms with Gasteiger partial charge in [-0.25, -0.2) is 4.98 Å². The van der Waals surface area contributed by atoms with Gasteiger partial charge in [0, 0.05) is 30.4 Å². The molecule has 1 fully saturated rings. The van der Waals surface area contributed by atoms with E-state index in [4.69, 9.17) is 16.3 Å². The number of aromatic amines is 2. The van der Waals surface area contributed by atoms with Crippen molar-refractivity contribution in [3.8, 4) is 0 Å². The number of nitrogens with zero attached hydrogens (tertiary/aromatic N) is 2. The van der Waals surface area contributed by atoms with Crippen LogP contribution in [-0.4, -0.2) is 32.7 Å². The summed E-state index contributed by atoms with van der Waals surface area (Å²) in [5.74, 6) is 0. The van der Waals surface area contributed by atoms with Crippen molar-refractivity contribution in [1.29, 1.82) is 0 Å². The van der Waals surface area contributed by atoms with Crippen LogP contribution in [0.4, 0.5) is 0 Å². The molecular weight excluding hydrogens is 328 g/mol. The molecule has 24 heavy (non-hydrogen) atoms. The van der Waals surface area contributed by atoms with Crippen LogP contribution in [0.1, 0.15) is 18.4 Å². The van der Waals surface area contributed by atoms with Crippen molar-refractivity contribution in [3.05, 3.63) is 50.2 Å². The first-order valence-corrected chi connectivity index (χ1v) is 8.20. The first-order valence-electron chi connectivity index (χ1n) is 7.82. The maximum atomic E-state index is 12.6. The highest BCUT2D eigenvalue weighted by Gasteiger charge is 2.11. The Morgan fingerprint density at radius 2 is 2.17 bits per heavy atom. The number of rotatable bonds is 1. The molecule has 3 aromatic rings. The Kier molecular flexibility index (Phi) is 3.78. The molecule has 0 spiro atoms. The van der Waals surface area contributed by atoms with Crippen molar-refractivity contribution in [2.75, 3.05) is 13.2 Å². The van der Waals surface area contributed by atoms with Crippen LogP contribution in [0.15, 0.2) is 23.3 Å². The van der Waals surface area contributed by atoms with E-state index in [0.29, 0.717) is 23.6 Å². The molecule has 0 saturated carbocycles. The van der Waals surface area contributed by atoms with Crippen LogP contribution in [0, 0.1) is 0 Å². The highest BCUT2D eigenvalue weighted by atomic mass is 35.5. The van der Waals surface area contributed by atoms with Crippen LogP contribution in [0.3, 0.4) is 0 Å². The average molecular weight is 345 g/mol. The van der Waals surface area contributed by atoms with E-state index in [-0.39, 0.29) is 5.56 Å². The first kappa shape index (κ1) is 15.2. The lowest BCUT2D eigenvalue weighted by molar-refractivity contribution is 0.129. The van der Waals surface area contributed by atoms with Gasteiger partial charge in [0.15, 0.2) is 0 Å². The summed E-state index contributed by atoms with van der Waals surface area (Å²) in [6, 6.07) is 1.84. The molecule has 0 radical (unpaired) electrons. The van der Waals surface area contributed by atoms with Crippen LogP contribution in [0.5, 0.6) is 0 Å². The molecule has 3 aromatic heterocycles. The predicted octanol–water partition coefficient (Wildman–Crippen LogP) is 1.03. The van der Waals surface area contributed by atoms with Crippen molar-refractivity contribution in [2.24, 2.45) is 7.05 Å². The number of halogens is 1. The van der Waals surface area contributed by atoms with Gasteiger partial charge >= 0.3 is 0 Å². The minimum atomic E-state index is -0.0478. The van der Waals surface area contributed by atoms with E-state index in [1.54, 1.807) is 17.8 Å². The molecule has 0 amide bonds. The molecule has 4 rings (SSSR count). The zero-order chi connectivity index (χ0) is 16.7. The summed E-state index contributed by atoms with van der Waals surface area (Å²) in [5.41, 5.74) is 3.68. The molecule has 1 aliphatic heterocycles. The summed E-state index contributed by atoms with van der Waals surface area (Å²) >= 11 is 6.03. The third-order valence-electron chi connectivity index (χ3n) is 4.38. The van der Waals surface area contributed by atoms with Crippen molar-refractivity contribution in [3.63, 3.8) is 0 Å². The van der Waals surface area contributed by atoms with Crippen molar-refractivity contribution >= 4 is 34.3 Å². The molecule has 124 valence electrons. The van der Waals surface area contributed by atoms with Crippen molar-refractivity contribution < 1.29 is 4.74 Å². The Labute approximate surface area is 142 Å². The Balaban J connectivity index is 1.92. The summed E-state index contributed by atoms with van der Waals surface area (Å²) < 4.78 is 7.06. The van der Waals surface area contributed by atoms with Gasteiger partial charge in [-0.05, 0) is 30.6 Å². The number of aromatic nitrogens is 4. The Hall–Kier alpha value is -2.31. The quantitative estimate of drug-likeness (QED) is 0.692. The second kappa shape index (κ2) is 5.96. The van der Waals surface area contributed by atoms with Crippen LogP contribution in [-0.2, 0) is 11.8 Å². The molecule has 1 aliphatic rings. The molecule has 4 heterocycles. The largest absolute Gasteiger partial charge is 0.381 e. The van der Waals surface area contributed by atoms with Gasteiger partial charge in [-0.2, -0.15) is 0 Å². The average Bonchev–Trinajstić information content (AvgIpc) is 3.12. The fourth-order valence-electron chi connectivity index (χ4n) is 3.10. The minimum Gasteiger partial charge on any atom is -0.381 e. The third-order valence-corrected chi connectivity index (χ3v) is 4.59. The molecule has 6 nitrogen and oxygen atoms in total. The summed E-state index contributed by atoms with van der Waals surface area (Å²) in [6.07, 6.45) is 6.95. The van der Waals surface area contributed by atoms with Crippen LogP contribution in [0.2, 0.25) is 5.02 Å². The molecule has 7 heteroatoms. The highest BCUT2D eigenvalue weighted by molar-refractivity contribution is 6.31. The molecular formula is C17H17ClN4O2. The number of imidazole rings is 1. The van der Waals surface area contributed by atoms with Crippen molar-refractivity contribution in [2.45, 2.75) is 12.8 Å².